The van der Waals surface area contributed by atoms with Gasteiger partial charge in [0.15, 0.2) is 0 Å². The fourth-order valence-electron chi connectivity index (χ4n) is 5.05. The van der Waals surface area contributed by atoms with Crippen LogP contribution in [0.25, 0.3) is 10.9 Å². The quantitative estimate of drug-likeness (QED) is 0.569. The number of ether oxygens (including phenoxy) is 1. The van der Waals surface area contributed by atoms with Gasteiger partial charge in [-0.3, -0.25) is 4.90 Å². The van der Waals surface area contributed by atoms with E-state index in [0.717, 1.165) is 67.5 Å². The van der Waals surface area contributed by atoms with Gasteiger partial charge < -0.3 is 14.4 Å². The summed E-state index contributed by atoms with van der Waals surface area (Å²) in [6, 6.07) is 10.0. The van der Waals surface area contributed by atoms with Crippen LogP contribution in [-0.2, 0) is 13.1 Å². The Balaban J connectivity index is 1.48. The van der Waals surface area contributed by atoms with Gasteiger partial charge in [0.1, 0.15) is 17.4 Å². The maximum atomic E-state index is 14.3. The number of likely N-dealkylation sites (tertiary alicyclic amines) is 1. The number of rotatable bonds is 6. The molecule has 4 nitrogen and oxygen atoms in total. The summed E-state index contributed by atoms with van der Waals surface area (Å²) in [5.74, 6) is -0.200. The van der Waals surface area contributed by atoms with Gasteiger partial charge in [0, 0.05) is 42.3 Å². The molecule has 1 aromatic heterocycles. The normalized spacial score (nSPS) is 18.6. The van der Waals surface area contributed by atoms with Crippen molar-refractivity contribution >= 4 is 10.9 Å². The number of aliphatic hydroxyl groups is 1. The summed E-state index contributed by atoms with van der Waals surface area (Å²) in [4.78, 5) is 2.33. The van der Waals surface area contributed by atoms with Crippen molar-refractivity contribution in [3.05, 3.63) is 65.4 Å². The third kappa shape index (κ3) is 4.52. The molecule has 1 saturated carbocycles. The van der Waals surface area contributed by atoms with Crippen molar-refractivity contribution in [1.82, 2.24) is 9.47 Å². The zero-order valence-electron chi connectivity index (χ0n) is 18.3. The molecule has 2 fully saturated rings. The highest BCUT2D eigenvalue weighted by atomic mass is 19.1. The first-order chi connectivity index (χ1) is 15.6. The molecule has 32 heavy (non-hydrogen) atoms. The van der Waals surface area contributed by atoms with E-state index in [4.69, 9.17) is 4.74 Å². The Hall–Kier alpha value is -2.44. The van der Waals surface area contributed by atoms with Crippen LogP contribution >= 0.6 is 0 Å². The van der Waals surface area contributed by atoms with E-state index in [2.05, 4.69) is 11.0 Å². The molecule has 0 bridgehead atoms. The fraction of sp³-hybridized carbons (Fsp3) is 0.462. The molecule has 1 N–H and O–H groups in total. The summed E-state index contributed by atoms with van der Waals surface area (Å²) >= 11 is 0. The molecule has 2 aromatic carbocycles. The van der Waals surface area contributed by atoms with Crippen LogP contribution in [0.15, 0.2) is 42.6 Å². The van der Waals surface area contributed by atoms with Gasteiger partial charge in [-0.05, 0) is 74.4 Å². The van der Waals surface area contributed by atoms with E-state index in [1.165, 1.54) is 31.0 Å². The highest BCUT2D eigenvalue weighted by molar-refractivity contribution is 5.85. The summed E-state index contributed by atoms with van der Waals surface area (Å²) in [5, 5.41) is 10.9. The Morgan fingerprint density at radius 3 is 2.38 bits per heavy atom. The minimum Gasteiger partial charge on any atom is -0.490 e. The Bertz CT molecular complexity index is 1060. The second-order valence-corrected chi connectivity index (χ2v) is 9.19. The van der Waals surface area contributed by atoms with Crippen LogP contribution in [0.3, 0.4) is 0 Å². The lowest BCUT2D eigenvalue weighted by Gasteiger charge is -2.29. The number of nitrogens with zero attached hydrogens (tertiary/aromatic N) is 2. The average Bonchev–Trinajstić information content (AvgIpc) is 3.41. The molecule has 1 saturated heterocycles. The van der Waals surface area contributed by atoms with Crippen molar-refractivity contribution in [1.29, 1.82) is 0 Å². The van der Waals surface area contributed by atoms with E-state index in [1.54, 1.807) is 0 Å². The molecule has 0 spiro atoms. The molecule has 1 aliphatic heterocycles. The zero-order valence-corrected chi connectivity index (χ0v) is 18.3. The first-order valence-corrected chi connectivity index (χ1v) is 11.7. The molecule has 2 heterocycles. The van der Waals surface area contributed by atoms with Crippen LogP contribution < -0.4 is 4.74 Å². The second kappa shape index (κ2) is 9.20. The number of benzene rings is 2. The van der Waals surface area contributed by atoms with Gasteiger partial charge in [-0.15, -0.1) is 0 Å². The Morgan fingerprint density at radius 2 is 1.66 bits per heavy atom. The predicted molar refractivity (Wildman–Crippen MR) is 121 cm³/mol. The number of fused-ring (bicyclic) bond motifs is 1. The number of aromatic nitrogens is 1. The van der Waals surface area contributed by atoms with Crippen molar-refractivity contribution in [3.8, 4) is 5.75 Å². The number of hydrogen-bond acceptors (Lipinski definition) is 3. The average molecular weight is 441 g/mol. The first kappa shape index (κ1) is 21.4. The van der Waals surface area contributed by atoms with Gasteiger partial charge in [0.2, 0.25) is 0 Å². The topological polar surface area (TPSA) is 37.6 Å². The van der Waals surface area contributed by atoms with E-state index in [0.29, 0.717) is 0 Å². The lowest BCUT2D eigenvalue weighted by molar-refractivity contribution is 0.0794. The SMILES string of the molecule is OC1CCN(Cc2cn(Cc3c(F)cccc3F)c3ccc(OC4CCCC4)cc23)CC1. The lowest BCUT2D eigenvalue weighted by atomic mass is 10.1. The molecule has 0 atom stereocenters. The van der Waals surface area contributed by atoms with Crippen molar-refractivity contribution in [2.75, 3.05) is 13.1 Å². The molecule has 170 valence electrons. The third-order valence-corrected chi connectivity index (χ3v) is 6.88. The molecule has 0 amide bonds. The number of aliphatic hydroxyl groups excluding tert-OH is 1. The largest absolute Gasteiger partial charge is 0.490 e. The van der Waals surface area contributed by atoms with Crippen molar-refractivity contribution in [2.24, 2.45) is 0 Å². The monoisotopic (exact) mass is 440 g/mol. The maximum absolute atomic E-state index is 14.3. The molecule has 2 aliphatic rings. The summed E-state index contributed by atoms with van der Waals surface area (Å²) < 4.78 is 36.8. The van der Waals surface area contributed by atoms with Gasteiger partial charge in [0.25, 0.3) is 0 Å². The minimum absolute atomic E-state index is 0.0725. The smallest absolute Gasteiger partial charge is 0.131 e. The van der Waals surface area contributed by atoms with Crippen LogP contribution in [0.2, 0.25) is 0 Å². The van der Waals surface area contributed by atoms with Crippen LogP contribution in [0.5, 0.6) is 5.75 Å². The molecule has 5 rings (SSSR count). The van der Waals surface area contributed by atoms with Gasteiger partial charge >= 0.3 is 0 Å². The molecule has 6 heteroatoms. The van der Waals surface area contributed by atoms with Crippen LogP contribution in [0, 0.1) is 11.6 Å². The standard InChI is InChI=1S/C26H30F2N2O2/c27-24-6-3-7-25(28)23(24)17-30-16-18(15-29-12-10-19(31)11-13-29)22-14-21(8-9-26(22)30)32-20-4-1-2-5-20/h3,6-9,14,16,19-20,31H,1-2,4-5,10-13,15,17H2. The van der Waals surface area contributed by atoms with Gasteiger partial charge in [-0.2, -0.15) is 0 Å². The molecule has 0 unspecified atom stereocenters. The summed E-state index contributed by atoms with van der Waals surface area (Å²) in [5.41, 5.74) is 2.13. The molecule has 3 aromatic rings. The minimum atomic E-state index is -0.528. The Labute approximate surface area is 187 Å². The Kier molecular flexibility index (Phi) is 6.15. The first-order valence-electron chi connectivity index (χ1n) is 11.7. The number of hydrogen-bond donors (Lipinski definition) is 1. The zero-order chi connectivity index (χ0) is 22.1. The summed E-state index contributed by atoms with van der Waals surface area (Å²) in [7, 11) is 0. The van der Waals surface area contributed by atoms with Gasteiger partial charge in [-0.1, -0.05) is 6.07 Å². The van der Waals surface area contributed by atoms with E-state index in [9.17, 15) is 13.9 Å². The van der Waals surface area contributed by atoms with E-state index in [1.807, 2.05) is 22.9 Å². The van der Waals surface area contributed by atoms with Crippen LogP contribution in [-0.4, -0.2) is 39.9 Å². The highest BCUT2D eigenvalue weighted by Gasteiger charge is 2.21. The van der Waals surface area contributed by atoms with Crippen LogP contribution in [0.4, 0.5) is 8.78 Å². The van der Waals surface area contributed by atoms with Gasteiger partial charge in [-0.25, -0.2) is 8.78 Å². The molecule has 1 aliphatic carbocycles. The molecular formula is C26H30F2N2O2. The maximum Gasteiger partial charge on any atom is 0.131 e. The Morgan fingerprint density at radius 1 is 0.938 bits per heavy atom. The molecule has 0 radical (unpaired) electrons. The molecular weight excluding hydrogens is 410 g/mol. The van der Waals surface area contributed by atoms with E-state index < -0.39 is 11.6 Å². The highest BCUT2D eigenvalue weighted by Crippen LogP contribution is 2.31. The number of halogens is 2. The second-order valence-electron chi connectivity index (χ2n) is 9.19. The van der Waals surface area contributed by atoms with E-state index in [-0.39, 0.29) is 24.3 Å². The van der Waals surface area contributed by atoms with Crippen molar-refractivity contribution in [3.63, 3.8) is 0 Å². The van der Waals surface area contributed by atoms with Gasteiger partial charge in [0.05, 0.1) is 18.8 Å². The van der Waals surface area contributed by atoms with Crippen LogP contribution in [0.1, 0.15) is 49.7 Å². The lowest BCUT2D eigenvalue weighted by Crippen LogP contribution is -2.35. The number of piperidine rings is 1. The third-order valence-electron chi connectivity index (χ3n) is 6.88. The van der Waals surface area contributed by atoms with Crippen molar-refractivity contribution in [2.45, 2.75) is 63.8 Å². The summed E-state index contributed by atoms with van der Waals surface area (Å²) in [6.45, 7) is 2.56. The van der Waals surface area contributed by atoms with Crippen molar-refractivity contribution < 1.29 is 18.6 Å². The predicted octanol–water partition coefficient (Wildman–Crippen LogP) is 5.25. The fourth-order valence-corrected chi connectivity index (χ4v) is 5.05. The van der Waals surface area contributed by atoms with E-state index >= 15 is 0 Å². The summed E-state index contributed by atoms with van der Waals surface area (Å²) in [6.07, 6.45) is 8.22.